The van der Waals surface area contributed by atoms with E-state index >= 15 is 0 Å². The molecule has 0 saturated carbocycles. The second kappa shape index (κ2) is 10.3. The number of rotatable bonds is 5. The Morgan fingerprint density at radius 3 is 2.66 bits per heavy atom. The lowest BCUT2D eigenvalue weighted by molar-refractivity contribution is -0.139. The number of allylic oxidation sites excluding steroid dienone is 1. The van der Waals surface area contributed by atoms with Gasteiger partial charge in [-0.1, -0.05) is 47.2 Å². The molecule has 0 spiro atoms. The first-order chi connectivity index (χ1) is 16.7. The molecule has 0 N–H and O–H groups in total. The Morgan fingerprint density at radius 1 is 1.26 bits per heavy atom. The van der Waals surface area contributed by atoms with Gasteiger partial charge in [-0.05, 0) is 65.2 Å². The van der Waals surface area contributed by atoms with E-state index in [0.717, 1.165) is 0 Å². The van der Waals surface area contributed by atoms with Gasteiger partial charge in [0, 0.05) is 11.9 Å². The predicted molar refractivity (Wildman–Crippen MR) is 137 cm³/mol. The van der Waals surface area contributed by atoms with Gasteiger partial charge < -0.3 is 9.47 Å². The molecule has 0 amide bonds. The maximum atomic E-state index is 13.6. The molecule has 1 aromatic heterocycles. The molecule has 3 aromatic rings. The van der Waals surface area contributed by atoms with Crippen molar-refractivity contribution in [2.75, 3.05) is 6.61 Å². The number of carbonyl (C=O) groups is 2. The minimum atomic E-state index is -0.778. The lowest BCUT2D eigenvalue weighted by Gasteiger charge is -2.25. The van der Waals surface area contributed by atoms with Crippen LogP contribution in [0.5, 0.6) is 5.75 Å². The van der Waals surface area contributed by atoms with Crippen molar-refractivity contribution < 1.29 is 19.1 Å². The molecule has 4 rings (SSSR count). The van der Waals surface area contributed by atoms with Crippen molar-refractivity contribution in [1.29, 1.82) is 0 Å². The molecule has 0 unspecified atom stereocenters. The monoisotopic (exact) mass is 574 g/mol. The molecule has 1 aliphatic heterocycles. The summed E-state index contributed by atoms with van der Waals surface area (Å²) in [6.07, 6.45) is 1.72. The van der Waals surface area contributed by atoms with Crippen molar-refractivity contribution >= 4 is 56.9 Å². The highest BCUT2D eigenvalue weighted by Crippen LogP contribution is 2.34. The van der Waals surface area contributed by atoms with Crippen molar-refractivity contribution in [3.8, 4) is 5.75 Å². The van der Waals surface area contributed by atoms with Gasteiger partial charge in [0.2, 0.25) is 0 Å². The number of ether oxygens (including phenoxy) is 2. The van der Waals surface area contributed by atoms with Crippen LogP contribution in [0, 0.1) is 0 Å². The van der Waals surface area contributed by atoms with Crippen molar-refractivity contribution in [2.45, 2.75) is 26.8 Å². The van der Waals surface area contributed by atoms with Crippen LogP contribution in [0.15, 0.2) is 68.0 Å². The lowest BCUT2D eigenvalue weighted by atomic mass is 9.96. The van der Waals surface area contributed by atoms with Gasteiger partial charge in [0.15, 0.2) is 4.80 Å². The highest BCUT2D eigenvalue weighted by atomic mass is 79.9. The normalized spacial score (nSPS) is 15.5. The standard InChI is InChI=1S/C25H20BrClN2O5S/c1-4-33-24(32)21-13(2)28-25-29(22(21)16-7-5-6-8-18(16)27)23(31)20(35-25)12-15-9-10-19(17(26)11-15)34-14(3)30/h5-12,22H,4H2,1-3H3/b20-12-/t22-/m0/s1. The molecule has 0 saturated heterocycles. The van der Waals surface area contributed by atoms with Crippen molar-refractivity contribution in [3.63, 3.8) is 0 Å². The van der Waals surface area contributed by atoms with Crippen LogP contribution < -0.4 is 19.6 Å². The Balaban J connectivity index is 1.90. The molecule has 0 radical (unpaired) electrons. The van der Waals surface area contributed by atoms with Crippen LogP contribution >= 0.6 is 38.9 Å². The van der Waals surface area contributed by atoms with Gasteiger partial charge in [-0.25, -0.2) is 9.79 Å². The zero-order valence-electron chi connectivity index (χ0n) is 19.0. The first-order valence-corrected chi connectivity index (χ1v) is 12.6. The van der Waals surface area contributed by atoms with Crippen LogP contribution in [-0.4, -0.2) is 23.1 Å². The zero-order chi connectivity index (χ0) is 25.3. The van der Waals surface area contributed by atoms with Crippen LogP contribution in [0.25, 0.3) is 6.08 Å². The van der Waals surface area contributed by atoms with Crippen molar-refractivity contribution in [2.24, 2.45) is 4.99 Å². The van der Waals surface area contributed by atoms with Gasteiger partial charge in [-0.3, -0.25) is 14.2 Å². The second-order valence-corrected chi connectivity index (χ2v) is 9.88. The number of aromatic nitrogens is 1. The van der Waals surface area contributed by atoms with E-state index in [1.807, 2.05) is 0 Å². The molecule has 2 aromatic carbocycles. The number of nitrogens with zero attached hydrogens (tertiary/aromatic N) is 2. The molecular formula is C25H20BrClN2O5S. The summed E-state index contributed by atoms with van der Waals surface area (Å²) < 4.78 is 12.9. The summed E-state index contributed by atoms with van der Waals surface area (Å²) in [5.74, 6) is -0.596. The molecule has 0 aliphatic carbocycles. The van der Waals surface area contributed by atoms with Gasteiger partial charge in [0.05, 0.1) is 26.9 Å². The lowest BCUT2D eigenvalue weighted by Crippen LogP contribution is -2.40. The first-order valence-electron chi connectivity index (χ1n) is 10.6. The molecule has 1 atom stereocenters. The van der Waals surface area contributed by atoms with Gasteiger partial charge in [0.1, 0.15) is 11.8 Å². The molecule has 10 heteroatoms. The third kappa shape index (κ3) is 5.03. The quantitative estimate of drug-likeness (QED) is 0.337. The topological polar surface area (TPSA) is 87.0 Å². The summed E-state index contributed by atoms with van der Waals surface area (Å²) in [4.78, 5) is 42.8. The number of benzene rings is 2. The van der Waals surface area contributed by atoms with Gasteiger partial charge in [-0.15, -0.1) is 0 Å². The van der Waals surface area contributed by atoms with E-state index in [2.05, 4.69) is 20.9 Å². The summed E-state index contributed by atoms with van der Waals surface area (Å²) >= 11 is 11.1. The maximum Gasteiger partial charge on any atom is 0.338 e. The molecule has 180 valence electrons. The summed E-state index contributed by atoms with van der Waals surface area (Å²) in [7, 11) is 0. The summed E-state index contributed by atoms with van der Waals surface area (Å²) in [5.41, 5.74) is 1.75. The van der Waals surface area contributed by atoms with E-state index in [9.17, 15) is 14.4 Å². The van der Waals surface area contributed by atoms with E-state index in [4.69, 9.17) is 21.1 Å². The fourth-order valence-electron chi connectivity index (χ4n) is 3.78. The minimum absolute atomic E-state index is 0.188. The van der Waals surface area contributed by atoms with Crippen molar-refractivity contribution in [3.05, 3.63) is 94.0 Å². The Labute approximate surface area is 218 Å². The Kier molecular flexibility index (Phi) is 7.39. The van der Waals surface area contributed by atoms with E-state index in [0.29, 0.717) is 41.4 Å². The smallest absolute Gasteiger partial charge is 0.338 e. The van der Waals surface area contributed by atoms with Crippen LogP contribution in [0.2, 0.25) is 5.02 Å². The van der Waals surface area contributed by atoms with Gasteiger partial charge >= 0.3 is 11.9 Å². The molecule has 0 bridgehead atoms. The molecule has 35 heavy (non-hydrogen) atoms. The Bertz CT molecular complexity index is 1560. The van der Waals surface area contributed by atoms with Crippen LogP contribution in [0.4, 0.5) is 0 Å². The molecule has 0 fully saturated rings. The first kappa shape index (κ1) is 25.1. The summed E-state index contributed by atoms with van der Waals surface area (Å²) in [6.45, 7) is 4.95. The average Bonchev–Trinajstić information content (AvgIpc) is 3.09. The predicted octanol–water partition coefficient (Wildman–Crippen LogP) is 4.14. The second-order valence-electron chi connectivity index (χ2n) is 7.61. The third-order valence-electron chi connectivity index (χ3n) is 5.22. The van der Waals surface area contributed by atoms with E-state index in [1.165, 1.54) is 22.8 Å². The zero-order valence-corrected chi connectivity index (χ0v) is 22.2. The van der Waals surface area contributed by atoms with E-state index in [-0.39, 0.29) is 17.7 Å². The van der Waals surface area contributed by atoms with Crippen LogP contribution in [0.1, 0.15) is 37.9 Å². The highest BCUT2D eigenvalue weighted by molar-refractivity contribution is 9.10. The Hall–Kier alpha value is -3.01. The largest absolute Gasteiger partial charge is 0.463 e. The summed E-state index contributed by atoms with van der Waals surface area (Å²) in [6, 6.07) is 11.4. The fourth-order valence-corrected chi connectivity index (χ4v) is 5.54. The SMILES string of the molecule is CCOC(=O)C1=C(C)N=c2s/c(=C\c3ccc(OC(C)=O)c(Br)c3)c(=O)n2[C@H]1c1ccccc1Cl. The Morgan fingerprint density at radius 2 is 2.00 bits per heavy atom. The van der Waals surface area contributed by atoms with Crippen LogP contribution in [-0.2, 0) is 14.3 Å². The number of carbonyl (C=O) groups excluding carboxylic acids is 2. The number of hydrogen-bond donors (Lipinski definition) is 0. The molecule has 2 heterocycles. The summed E-state index contributed by atoms with van der Waals surface area (Å²) in [5, 5.41) is 0.425. The molecule has 1 aliphatic rings. The van der Waals surface area contributed by atoms with E-state index in [1.54, 1.807) is 62.4 Å². The number of esters is 2. The number of hydrogen-bond acceptors (Lipinski definition) is 7. The minimum Gasteiger partial charge on any atom is -0.463 e. The third-order valence-corrected chi connectivity index (χ3v) is 7.17. The number of halogens is 2. The van der Waals surface area contributed by atoms with E-state index < -0.39 is 18.0 Å². The number of fused-ring (bicyclic) bond motifs is 1. The highest BCUT2D eigenvalue weighted by Gasteiger charge is 2.34. The maximum absolute atomic E-state index is 13.6. The molecular weight excluding hydrogens is 556 g/mol. The average molecular weight is 576 g/mol. The number of thiazole rings is 1. The van der Waals surface area contributed by atoms with Gasteiger partial charge in [0.25, 0.3) is 5.56 Å². The van der Waals surface area contributed by atoms with Crippen LogP contribution in [0.3, 0.4) is 0 Å². The molecule has 7 nitrogen and oxygen atoms in total. The fraction of sp³-hybridized carbons (Fsp3) is 0.200. The van der Waals surface area contributed by atoms with Crippen molar-refractivity contribution in [1.82, 2.24) is 4.57 Å². The van der Waals surface area contributed by atoms with Gasteiger partial charge in [-0.2, -0.15) is 0 Å².